The summed E-state index contributed by atoms with van der Waals surface area (Å²) < 4.78 is 2.38. The van der Waals surface area contributed by atoms with Crippen LogP contribution in [0.2, 0.25) is 0 Å². The number of rotatable bonds is 15. The van der Waals surface area contributed by atoms with Crippen LogP contribution in [0, 0.1) is 6.92 Å². The first-order chi connectivity index (χ1) is 12.8. The van der Waals surface area contributed by atoms with Crippen molar-refractivity contribution in [2.45, 2.75) is 110 Å². The number of hydrogen-bond acceptors (Lipinski definition) is 1. The fourth-order valence-corrected chi connectivity index (χ4v) is 3.94. The molecule has 0 unspecified atom stereocenters. The smallest absolute Gasteiger partial charge is 0.106 e. The minimum absolute atomic E-state index is 1.12. The maximum Gasteiger partial charge on any atom is 0.106 e. The summed E-state index contributed by atoms with van der Waals surface area (Å²) in [6, 6.07) is 8.50. The second-order valence-electron chi connectivity index (χ2n) is 7.90. The van der Waals surface area contributed by atoms with Gasteiger partial charge in [-0.2, -0.15) is 0 Å². The molecule has 0 N–H and O–H groups in total. The summed E-state index contributed by atoms with van der Waals surface area (Å²) >= 11 is 0. The van der Waals surface area contributed by atoms with Crippen LogP contribution in [0.1, 0.15) is 103 Å². The third-order valence-electron chi connectivity index (χ3n) is 5.58. The molecule has 2 nitrogen and oxygen atoms in total. The molecular formula is C24H40N2. The number of fused-ring (bicyclic) bond motifs is 1. The molecule has 0 fully saturated rings. The molecule has 0 aliphatic rings. The Morgan fingerprint density at radius 2 is 1.19 bits per heavy atom. The van der Waals surface area contributed by atoms with Crippen molar-refractivity contribution in [2.24, 2.45) is 0 Å². The van der Waals surface area contributed by atoms with Crippen molar-refractivity contribution in [1.82, 2.24) is 9.55 Å². The lowest BCUT2D eigenvalue weighted by molar-refractivity contribution is 0.524. The highest BCUT2D eigenvalue weighted by atomic mass is 15.1. The van der Waals surface area contributed by atoms with Crippen molar-refractivity contribution in [3.63, 3.8) is 0 Å². The van der Waals surface area contributed by atoms with Crippen molar-refractivity contribution in [1.29, 1.82) is 0 Å². The number of aromatic nitrogens is 2. The van der Waals surface area contributed by atoms with Gasteiger partial charge in [-0.25, -0.2) is 4.98 Å². The van der Waals surface area contributed by atoms with Crippen molar-refractivity contribution < 1.29 is 0 Å². The molecule has 0 amide bonds. The molecule has 0 bridgehead atoms. The molecule has 1 aromatic carbocycles. The van der Waals surface area contributed by atoms with Crippen molar-refractivity contribution in [3.05, 3.63) is 30.1 Å². The van der Waals surface area contributed by atoms with E-state index in [9.17, 15) is 0 Å². The first kappa shape index (κ1) is 21.0. The van der Waals surface area contributed by atoms with Crippen LogP contribution < -0.4 is 0 Å². The predicted octanol–water partition coefficient (Wildman–Crippen LogP) is 7.83. The number of imidazole rings is 1. The zero-order chi connectivity index (χ0) is 18.5. The highest BCUT2D eigenvalue weighted by Gasteiger charge is 2.05. The van der Waals surface area contributed by atoms with E-state index in [2.05, 4.69) is 47.7 Å². The molecule has 0 atom stereocenters. The quantitative estimate of drug-likeness (QED) is 0.297. The third kappa shape index (κ3) is 7.51. The zero-order valence-corrected chi connectivity index (χ0v) is 17.3. The number of benzene rings is 1. The Kier molecular flexibility index (Phi) is 10.5. The topological polar surface area (TPSA) is 17.8 Å². The molecule has 0 aliphatic heterocycles. The minimum Gasteiger partial charge on any atom is -0.328 e. The van der Waals surface area contributed by atoms with Crippen LogP contribution in [0.3, 0.4) is 0 Å². The number of hydrogen-bond donors (Lipinski definition) is 0. The first-order valence-electron chi connectivity index (χ1n) is 11.2. The van der Waals surface area contributed by atoms with Crippen LogP contribution in [0.15, 0.2) is 24.3 Å². The Morgan fingerprint density at radius 3 is 1.77 bits per heavy atom. The van der Waals surface area contributed by atoms with Gasteiger partial charge in [-0.15, -0.1) is 0 Å². The van der Waals surface area contributed by atoms with E-state index in [-0.39, 0.29) is 0 Å². The molecular weight excluding hydrogens is 316 g/mol. The van der Waals surface area contributed by atoms with E-state index >= 15 is 0 Å². The molecule has 0 spiro atoms. The lowest BCUT2D eigenvalue weighted by Gasteiger charge is -2.07. The Bertz CT molecular complexity index is 599. The van der Waals surface area contributed by atoms with Gasteiger partial charge in [-0.3, -0.25) is 0 Å². The van der Waals surface area contributed by atoms with Crippen LogP contribution in [-0.2, 0) is 6.54 Å². The van der Waals surface area contributed by atoms with E-state index in [0.717, 1.165) is 17.9 Å². The van der Waals surface area contributed by atoms with Gasteiger partial charge in [0.1, 0.15) is 5.82 Å². The summed E-state index contributed by atoms with van der Waals surface area (Å²) in [6.07, 6.45) is 19.8. The van der Waals surface area contributed by atoms with Crippen LogP contribution in [0.5, 0.6) is 0 Å². The summed E-state index contributed by atoms with van der Waals surface area (Å²) in [5.74, 6) is 1.15. The standard InChI is InChI=1S/C24H40N2/c1-3-4-5-6-7-8-9-10-11-12-13-14-15-18-21-26-22(2)25-23-19-16-17-20-24(23)26/h16-17,19-20H,3-15,18,21H2,1-2H3. The van der Waals surface area contributed by atoms with Crippen molar-refractivity contribution in [2.75, 3.05) is 0 Å². The minimum atomic E-state index is 1.12. The van der Waals surface area contributed by atoms with Crippen molar-refractivity contribution >= 4 is 11.0 Å². The fourth-order valence-electron chi connectivity index (χ4n) is 3.94. The van der Waals surface area contributed by atoms with Gasteiger partial charge in [0.25, 0.3) is 0 Å². The molecule has 1 heterocycles. The maximum atomic E-state index is 4.66. The Morgan fingerprint density at radius 1 is 0.692 bits per heavy atom. The molecule has 146 valence electrons. The van der Waals surface area contributed by atoms with E-state index in [1.165, 1.54) is 95.4 Å². The predicted molar refractivity (Wildman–Crippen MR) is 115 cm³/mol. The van der Waals surface area contributed by atoms with Crippen molar-refractivity contribution in [3.8, 4) is 0 Å². The zero-order valence-electron chi connectivity index (χ0n) is 17.3. The molecule has 0 radical (unpaired) electrons. The van der Waals surface area contributed by atoms with Gasteiger partial charge >= 0.3 is 0 Å². The monoisotopic (exact) mass is 356 g/mol. The van der Waals surface area contributed by atoms with Gasteiger partial charge in [0, 0.05) is 6.54 Å². The highest BCUT2D eigenvalue weighted by Crippen LogP contribution is 2.17. The van der Waals surface area contributed by atoms with Gasteiger partial charge in [0.2, 0.25) is 0 Å². The normalized spacial score (nSPS) is 11.5. The Hall–Kier alpha value is -1.31. The van der Waals surface area contributed by atoms with Crippen LogP contribution in [0.25, 0.3) is 11.0 Å². The van der Waals surface area contributed by atoms with Gasteiger partial charge in [-0.05, 0) is 25.5 Å². The summed E-state index contributed by atoms with van der Waals surface area (Å²) in [4.78, 5) is 4.66. The molecule has 26 heavy (non-hydrogen) atoms. The summed E-state index contributed by atoms with van der Waals surface area (Å²) in [5, 5.41) is 0. The SMILES string of the molecule is CCCCCCCCCCCCCCCCn1c(C)nc2ccccc21. The van der Waals surface area contributed by atoms with Crippen LogP contribution in [-0.4, -0.2) is 9.55 Å². The summed E-state index contributed by atoms with van der Waals surface area (Å²) in [5.41, 5.74) is 2.43. The summed E-state index contributed by atoms with van der Waals surface area (Å²) in [6.45, 7) is 5.54. The van der Waals surface area contributed by atoms with E-state index < -0.39 is 0 Å². The second kappa shape index (κ2) is 12.9. The average Bonchev–Trinajstić information content (AvgIpc) is 2.97. The van der Waals surface area contributed by atoms with Gasteiger partial charge < -0.3 is 4.57 Å². The van der Waals surface area contributed by atoms with Gasteiger partial charge in [0.15, 0.2) is 0 Å². The fraction of sp³-hybridized carbons (Fsp3) is 0.708. The van der Waals surface area contributed by atoms with E-state index in [4.69, 9.17) is 0 Å². The average molecular weight is 357 g/mol. The molecule has 0 aliphatic carbocycles. The number of unbranched alkanes of at least 4 members (excludes halogenated alkanes) is 13. The van der Waals surface area contributed by atoms with Crippen LogP contribution >= 0.6 is 0 Å². The largest absolute Gasteiger partial charge is 0.328 e. The maximum absolute atomic E-state index is 4.66. The van der Waals surface area contributed by atoms with E-state index in [1.807, 2.05) is 0 Å². The molecule has 0 saturated carbocycles. The number of aryl methyl sites for hydroxylation is 2. The Balaban J connectivity index is 1.43. The third-order valence-corrected chi connectivity index (χ3v) is 5.58. The molecule has 2 heteroatoms. The lowest BCUT2D eigenvalue weighted by Crippen LogP contribution is -2.00. The lowest BCUT2D eigenvalue weighted by atomic mass is 10.0. The van der Waals surface area contributed by atoms with Gasteiger partial charge in [-0.1, -0.05) is 103 Å². The van der Waals surface area contributed by atoms with E-state index in [0.29, 0.717) is 0 Å². The highest BCUT2D eigenvalue weighted by molar-refractivity contribution is 5.75. The molecule has 0 saturated heterocycles. The van der Waals surface area contributed by atoms with Crippen LogP contribution in [0.4, 0.5) is 0 Å². The summed E-state index contributed by atoms with van der Waals surface area (Å²) in [7, 11) is 0. The van der Waals surface area contributed by atoms with E-state index in [1.54, 1.807) is 0 Å². The Labute approximate surface area is 161 Å². The second-order valence-corrected chi connectivity index (χ2v) is 7.90. The first-order valence-corrected chi connectivity index (χ1v) is 11.2. The molecule has 2 aromatic rings. The number of para-hydroxylation sites is 2. The molecule has 2 rings (SSSR count). The van der Waals surface area contributed by atoms with Gasteiger partial charge in [0.05, 0.1) is 11.0 Å². The number of nitrogens with zero attached hydrogens (tertiary/aromatic N) is 2. The molecule has 1 aromatic heterocycles.